The largest absolute Gasteiger partial charge is 0.493 e. The van der Waals surface area contributed by atoms with Gasteiger partial charge in [0, 0.05) is 11.6 Å². The molecule has 0 spiro atoms. The van der Waals surface area contributed by atoms with Crippen molar-refractivity contribution in [1.82, 2.24) is 15.3 Å². The number of nitrogens with one attached hydrogen (secondary N) is 2. The number of ether oxygens (including phenoxy) is 2. The lowest BCUT2D eigenvalue weighted by molar-refractivity contribution is 0.284. The van der Waals surface area contributed by atoms with Crippen LogP contribution < -0.4 is 14.8 Å². The Morgan fingerprint density at radius 3 is 2.63 bits per heavy atom. The van der Waals surface area contributed by atoms with Crippen molar-refractivity contribution in [3.05, 3.63) is 87.7 Å². The van der Waals surface area contributed by atoms with E-state index in [-0.39, 0.29) is 0 Å². The number of halogens is 2. The third kappa shape index (κ3) is 4.87. The van der Waals surface area contributed by atoms with Crippen LogP contribution in [0.5, 0.6) is 11.5 Å². The van der Waals surface area contributed by atoms with E-state index in [1.165, 1.54) is 0 Å². The third-order valence-electron chi connectivity index (χ3n) is 4.62. The molecule has 0 atom stereocenters. The highest BCUT2D eigenvalue weighted by Gasteiger charge is 2.13. The van der Waals surface area contributed by atoms with Gasteiger partial charge in [-0.25, -0.2) is 4.98 Å². The van der Waals surface area contributed by atoms with Gasteiger partial charge in [0.2, 0.25) is 0 Å². The zero-order chi connectivity index (χ0) is 20.9. The molecule has 0 amide bonds. The van der Waals surface area contributed by atoms with Gasteiger partial charge in [0.25, 0.3) is 0 Å². The maximum atomic E-state index is 6.48. The molecule has 0 bridgehead atoms. The lowest BCUT2D eigenvalue weighted by atomic mass is 10.2. The van der Waals surface area contributed by atoms with Crippen molar-refractivity contribution in [1.29, 1.82) is 0 Å². The van der Waals surface area contributed by atoms with Gasteiger partial charge in [-0.05, 0) is 47.5 Å². The Labute approximate surface area is 184 Å². The van der Waals surface area contributed by atoms with Crippen molar-refractivity contribution in [3.8, 4) is 11.5 Å². The Hall–Kier alpha value is -2.73. The van der Waals surface area contributed by atoms with Gasteiger partial charge < -0.3 is 19.8 Å². The Morgan fingerprint density at radius 1 is 0.967 bits per heavy atom. The molecule has 4 rings (SSSR count). The second-order valence-electron chi connectivity index (χ2n) is 6.83. The number of rotatable bonds is 8. The number of H-pyrrole nitrogens is 1. The van der Waals surface area contributed by atoms with Crippen LogP contribution in [0.3, 0.4) is 0 Å². The molecule has 0 fully saturated rings. The molecule has 7 heteroatoms. The van der Waals surface area contributed by atoms with Crippen molar-refractivity contribution in [2.24, 2.45) is 0 Å². The predicted octanol–water partition coefficient (Wildman–Crippen LogP) is 5.75. The number of aromatic amines is 1. The summed E-state index contributed by atoms with van der Waals surface area (Å²) in [5, 5.41) is 4.54. The van der Waals surface area contributed by atoms with E-state index >= 15 is 0 Å². The van der Waals surface area contributed by atoms with Crippen LogP contribution in [0.15, 0.2) is 60.7 Å². The smallest absolute Gasteiger partial charge is 0.180 e. The number of aromatic nitrogens is 2. The zero-order valence-electron chi connectivity index (χ0n) is 16.4. The van der Waals surface area contributed by atoms with E-state index in [0.717, 1.165) is 28.0 Å². The molecule has 0 saturated carbocycles. The SMILES string of the molecule is COc1cc(CNCc2nc3ccccc3[nH]2)cc(Cl)c1OCc1cccc(Cl)c1. The Morgan fingerprint density at radius 2 is 1.83 bits per heavy atom. The monoisotopic (exact) mass is 441 g/mol. The molecule has 1 heterocycles. The van der Waals surface area contributed by atoms with Gasteiger partial charge in [0.05, 0.1) is 29.7 Å². The lowest BCUT2D eigenvalue weighted by Gasteiger charge is -2.14. The van der Waals surface area contributed by atoms with Crippen LogP contribution >= 0.6 is 23.2 Å². The molecule has 3 aromatic carbocycles. The van der Waals surface area contributed by atoms with E-state index in [9.17, 15) is 0 Å². The Balaban J connectivity index is 1.40. The van der Waals surface area contributed by atoms with Crippen LogP contribution in [0.4, 0.5) is 0 Å². The maximum absolute atomic E-state index is 6.48. The van der Waals surface area contributed by atoms with E-state index in [0.29, 0.717) is 41.2 Å². The molecule has 4 aromatic rings. The maximum Gasteiger partial charge on any atom is 0.180 e. The molecular weight excluding hydrogens is 421 g/mol. The van der Waals surface area contributed by atoms with Gasteiger partial charge in [-0.2, -0.15) is 0 Å². The lowest BCUT2D eigenvalue weighted by Crippen LogP contribution is -2.14. The summed E-state index contributed by atoms with van der Waals surface area (Å²) in [6.07, 6.45) is 0. The molecule has 0 aliphatic carbocycles. The van der Waals surface area contributed by atoms with Crippen LogP contribution in [-0.4, -0.2) is 17.1 Å². The van der Waals surface area contributed by atoms with Crippen molar-refractivity contribution in [2.75, 3.05) is 7.11 Å². The summed E-state index contributed by atoms with van der Waals surface area (Å²) >= 11 is 12.5. The molecule has 0 aliphatic heterocycles. The minimum atomic E-state index is 0.348. The van der Waals surface area contributed by atoms with Crippen LogP contribution in [0.1, 0.15) is 17.0 Å². The number of hydrogen-bond donors (Lipinski definition) is 2. The second-order valence-corrected chi connectivity index (χ2v) is 7.68. The summed E-state index contributed by atoms with van der Waals surface area (Å²) < 4.78 is 11.4. The summed E-state index contributed by atoms with van der Waals surface area (Å²) in [5.41, 5.74) is 3.93. The minimum absolute atomic E-state index is 0.348. The topological polar surface area (TPSA) is 59.2 Å². The van der Waals surface area contributed by atoms with Gasteiger partial charge in [-0.1, -0.05) is 47.5 Å². The molecular formula is C23H21Cl2N3O2. The molecule has 1 aromatic heterocycles. The normalized spacial score (nSPS) is 11.0. The molecule has 5 nitrogen and oxygen atoms in total. The van der Waals surface area contributed by atoms with Crippen LogP contribution in [0.25, 0.3) is 11.0 Å². The van der Waals surface area contributed by atoms with Crippen molar-refractivity contribution < 1.29 is 9.47 Å². The minimum Gasteiger partial charge on any atom is -0.493 e. The highest BCUT2D eigenvalue weighted by Crippen LogP contribution is 2.37. The van der Waals surface area contributed by atoms with Crippen molar-refractivity contribution >= 4 is 34.2 Å². The Bertz CT molecular complexity index is 1130. The third-order valence-corrected chi connectivity index (χ3v) is 5.14. The summed E-state index contributed by atoms with van der Waals surface area (Å²) in [4.78, 5) is 7.88. The summed E-state index contributed by atoms with van der Waals surface area (Å²) in [6.45, 7) is 1.57. The fourth-order valence-electron chi connectivity index (χ4n) is 3.21. The second kappa shape index (κ2) is 9.39. The van der Waals surface area contributed by atoms with E-state index in [1.54, 1.807) is 7.11 Å². The fraction of sp³-hybridized carbons (Fsp3) is 0.174. The average molecular weight is 442 g/mol. The molecule has 0 unspecified atom stereocenters. The first kappa shape index (κ1) is 20.5. The standard InChI is InChI=1S/C23H21Cl2N3O2/c1-29-21-11-16(12-26-13-22-27-19-7-2-3-8-20(19)28-22)10-18(25)23(21)30-14-15-5-4-6-17(24)9-15/h2-11,26H,12-14H2,1H3,(H,27,28). The van der Waals surface area contributed by atoms with Gasteiger partial charge in [-0.15, -0.1) is 0 Å². The van der Waals surface area contributed by atoms with Crippen molar-refractivity contribution in [3.63, 3.8) is 0 Å². The van der Waals surface area contributed by atoms with Crippen LogP contribution in [0, 0.1) is 0 Å². The first-order valence-electron chi connectivity index (χ1n) is 9.50. The average Bonchev–Trinajstić information content (AvgIpc) is 3.15. The van der Waals surface area contributed by atoms with Gasteiger partial charge in [0.15, 0.2) is 11.5 Å². The van der Waals surface area contributed by atoms with Gasteiger partial charge in [0.1, 0.15) is 12.4 Å². The van der Waals surface area contributed by atoms with Crippen LogP contribution in [0.2, 0.25) is 10.0 Å². The fourth-order valence-corrected chi connectivity index (χ4v) is 3.71. The summed E-state index contributed by atoms with van der Waals surface area (Å²) in [6, 6.07) is 19.3. The van der Waals surface area contributed by atoms with Gasteiger partial charge >= 0.3 is 0 Å². The quantitative estimate of drug-likeness (QED) is 0.365. The van der Waals surface area contributed by atoms with Crippen LogP contribution in [-0.2, 0) is 19.7 Å². The summed E-state index contributed by atoms with van der Waals surface area (Å²) in [7, 11) is 1.60. The highest BCUT2D eigenvalue weighted by molar-refractivity contribution is 6.32. The molecule has 2 N–H and O–H groups in total. The number of para-hydroxylation sites is 2. The first-order valence-corrected chi connectivity index (χ1v) is 10.3. The number of methoxy groups -OCH3 is 1. The molecule has 0 saturated heterocycles. The number of benzene rings is 3. The van der Waals surface area contributed by atoms with E-state index in [2.05, 4.69) is 15.3 Å². The predicted molar refractivity (Wildman–Crippen MR) is 120 cm³/mol. The molecule has 154 valence electrons. The number of fused-ring (bicyclic) bond motifs is 1. The van der Waals surface area contributed by atoms with E-state index in [4.69, 9.17) is 32.7 Å². The molecule has 0 radical (unpaired) electrons. The first-order chi connectivity index (χ1) is 14.6. The zero-order valence-corrected chi connectivity index (χ0v) is 17.9. The van der Waals surface area contributed by atoms with E-state index < -0.39 is 0 Å². The number of nitrogens with zero attached hydrogens (tertiary/aromatic N) is 1. The molecule has 30 heavy (non-hydrogen) atoms. The number of imidazole rings is 1. The Kier molecular flexibility index (Phi) is 6.43. The van der Waals surface area contributed by atoms with Gasteiger partial charge in [-0.3, -0.25) is 0 Å². The van der Waals surface area contributed by atoms with Crippen molar-refractivity contribution in [2.45, 2.75) is 19.7 Å². The summed E-state index contributed by atoms with van der Waals surface area (Å²) in [5.74, 6) is 1.99. The highest BCUT2D eigenvalue weighted by atomic mass is 35.5. The molecule has 0 aliphatic rings. The van der Waals surface area contributed by atoms with E-state index in [1.807, 2.05) is 60.7 Å². The number of hydrogen-bond acceptors (Lipinski definition) is 4.